The van der Waals surface area contributed by atoms with E-state index < -0.39 is 16.1 Å². The molecule has 0 unspecified atom stereocenters. The van der Waals surface area contributed by atoms with Gasteiger partial charge in [-0.15, -0.1) is 0 Å². The topological polar surface area (TPSA) is 86.8 Å². The number of nitrogens with one attached hydrogen (secondary N) is 1. The van der Waals surface area contributed by atoms with Gasteiger partial charge in [0.05, 0.1) is 11.9 Å². The highest BCUT2D eigenvalue weighted by molar-refractivity contribution is 7.92. The molecule has 10 heteroatoms. The summed E-state index contributed by atoms with van der Waals surface area (Å²) in [6.07, 6.45) is 2.43. The molecule has 0 bridgehead atoms. The largest absolute Gasteiger partial charge is 0.352 e. The van der Waals surface area contributed by atoms with Gasteiger partial charge in [0.1, 0.15) is 6.04 Å². The molecule has 0 aliphatic heterocycles. The average Bonchev–Trinajstić information content (AvgIpc) is 2.94. The number of benzene rings is 3. The number of para-hydroxylation sites is 1. The zero-order valence-corrected chi connectivity index (χ0v) is 25.9. The van der Waals surface area contributed by atoms with Crippen LogP contribution in [-0.2, 0) is 32.6 Å². The summed E-state index contributed by atoms with van der Waals surface area (Å²) in [6, 6.07) is 22.4. The molecular weight excluding hydrogens is 581 g/mol. The molecule has 0 aromatic heterocycles. The van der Waals surface area contributed by atoms with Crippen molar-refractivity contribution in [3.63, 3.8) is 0 Å². The van der Waals surface area contributed by atoms with Crippen LogP contribution in [0.15, 0.2) is 78.9 Å². The van der Waals surface area contributed by atoms with E-state index in [1.54, 1.807) is 42.5 Å². The Hall–Kier alpha value is -3.07. The van der Waals surface area contributed by atoms with Crippen molar-refractivity contribution in [3.05, 3.63) is 100 Å². The van der Waals surface area contributed by atoms with Crippen LogP contribution in [0.4, 0.5) is 5.69 Å². The van der Waals surface area contributed by atoms with Crippen molar-refractivity contribution in [3.8, 4) is 0 Å². The lowest BCUT2D eigenvalue weighted by Gasteiger charge is -2.33. The van der Waals surface area contributed by atoms with E-state index in [0.29, 0.717) is 21.3 Å². The minimum atomic E-state index is -3.57. The summed E-state index contributed by atoms with van der Waals surface area (Å²) < 4.78 is 26.4. The zero-order chi connectivity index (χ0) is 30.0. The molecule has 0 radical (unpaired) electrons. The molecule has 2 atom stereocenters. The summed E-state index contributed by atoms with van der Waals surface area (Å²) in [5, 5.41) is 3.81. The van der Waals surface area contributed by atoms with Gasteiger partial charge < -0.3 is 10.2 Å². The van der Waals surface area contributed by atoms with Crippen molar-refractivity contribution in [1.82, 2.24) is 10.2 Å². The molecule has 3 aromatic rings. The lowest BCUT2D eigenvalue weighted by molar-refractivity contribution is -0.141. The molecule has 1 N–H and O–H groups in total. The Labute approximate surface area is 253 Å². The maximum absolute atomic E-state index is 13.9. The van der Waals surface area contributed by atoms with Crippen LogP contribution in [0.2, 0.25) is 10.0 Å². The first-order valence-electron chi connectivity index (χ1n) is 13.6. The van der Waals surface area contributed by atoms with E-state index in [1.165, 1.54) is 9.21 Å². The summed E-state index contributed by atoms with van der Waals surface area (Å²) in [5.74, 6) is -0.579. The molecule has 0 saturated heterocycles. The van der Waals surface area contributed by atoms with Gasteiger partial charge in [-0.2, -0.15) is 0 Å². The molecule has 3 rings (SSSR count). The lowest BCUT2D eigenvalue weighted by atomic mass is 10.0. The fraction of sp³-hybridized carbons (Fsp3) is 0.355. The third-order valence-corrected chi connectivity index (χ3v) is 8.76. The van der Waals surface area contributed by atoms with Crippen LogP contribution in [-0.4, -0.2) is 50.0 Å². The maximum atomic E-state index is 13.9. The number of hydrogen-bond acceptors (Lipinski definition) is 4. The minimum absolute atomic E-state index is 0.0167. The number of carbonyl (C=O) groups is 2. The molecule has 3 aromatic carbocycles. The summed E-state index contributed by atoms with van der Waals surface area (Å²) in [6.45, 7) is 4.02. The van der Waals surface area contributed by atoms with Crippen LogP contribution in [0.3, 0.4) is 0 Å². The standard InChI is InChI=1S/C31H37Cl2N3O4S/c1-4-23(2)34-31(38)29(21-24-13-7-5-8-14-24)35(22-26-27(32)17-11-18-28(26)33)30(37)19-12-20-36(41(3,39)40)25-15-9-6-10-16-25/h5-11,13-18,23,29H,4,12,19-22H2,1-3H3,(H,34,38)/t23-,29+/m1/s1. The number of sulfonamides is 1. The first-order chi connectivity index (χ1) is 19.5. The molecule has 41 heavy (non-hydrogen) atoms. The quantitative estimate of drug-likeness (QED) is 0.237. The molecule has 2 amide bonds. The Balaban J connectivity index is 1.93. The molecule has 220 valence electrons. The summed E-state index contributed by atoms with van der Waals surface area (Å²) in [4.78, 5) is 29.1. The first-order valence-corrected chi connectivity index (χ1v) is 16.2. The third kappa shape index (κ3) is 9.48. The number of anilines is 1. The van der Waals surface area contributed by atoms with E-state index in [4.69, 9.17) is 23.2 Å². The monoisotopic (exact) mass is 617 g/mol. The lowest BCUT2D eigenvalue weighted by Crippen LogP contribution is -2.52. The Morgan fingerprint density at radius 2 is 1.49 bits per heavy atom. The highest BCUT2D eigenvalue weighted by atomic mass is 35.5. The fourth-order valence-electron chi connectivity index (χ4n) is 4.45. The first kappa shape index (κ1) is 32.4. The van der Waals surface area contributed by atoms with Gasteiger partial charge in [0.25, 0.3) is 0 Å². The second-order valence-electron chi connectivity index (χ2n) is 10.0. The van der Waals surface area contributed by atoms with Crippen LogP contribution < -0.4 is 9.62 Å². The number of hydrogen-bond donors (Lipinski definition) is 1. The van der Waals surface area contributed by atoms with Gasteiger partial charge in [0, 0.05) is 47.6 Å². The smallest absolute Gasteiger partial charge is 0.243 e. The van der Waals surface area contributed by atoms with E-state index in [0.717, 1.165) is 18.2 Å². The third-order valence-electron chi connectivity index (χ3n) is 6.86. The highest BCUT2D eigenvalue weighted by Gasteiger charge is 2.32. The molecule has 0 aliphatic rings. The van der Waals surface area contributed by atoms with E-state index in [-0.39, 0.29) is 50.2 Å². The Morgan fingerprint density at radius 1 is 0.902 bits per heavy atom. The molecule has 0 saturated carbocycles. The van der Waals surface area contributed by atoms with Crippen LogP contribution in [0.1, 0.15) is 44.2 Å². The fourth-order valence-corrected chi connectivity index (χ4v) is 5.93. The number of amides is 2. The molecule has 0 spiro atoms. The molecule has 0 heterocycles. The summed E-state index contributed by atoms with van der Waals surface area (Å²) in [5.41, 5.74) is 1.96. The second-order valence-corrected chi connectivity index (χ2v) is 12.7. The molecular formula is C31H37Cl2N3O4S. The second kappa shape index (κ2) is 15.2. The molecule has 0 aliphatic carbocycles. The maximum Gasteiger partial charge on any atom is 0.243 e. The van der Waals surface area contributed by atoms with Crippen molar-refractivity contribution >= 4 is 50.7 Å². The number of nitrogens with zero attached hydrogens (tertiary/aromatic N) is 2. The highest BCUT2D eigenvalue weighted by Crippen LogP contribution is 2.28. The number of rotatable bonds is 14. The predicted molar refractivity (Wildman–Crippen MR) is 167 cm³/mol. The van der Waals surface area contributed by atoms with E-state index >= 15 is 0 Å². The van der Waals surface area contributed by atoms with Crippen molar-refractivity contribution in [2.75, 3.05) is 17.1 Å². The number of halogens is 2. The predicted octanol–water partition coefficient (Wildman–Crippen LogP) is 6.09. The van der Waals surface area contributed by atoms with Gasteiger partial charge in [0.15, 0.2) is 0 Å². The van der Waals surface area contributed by atoms with Gasteiger partial charge in [-0.3, -0.25) is 13.9 Å². The van der Waals surface area contributed by atoms with Crippen LogP contribution in [0.5, 0.6) is 0 Å². The minimum Gasteiger partial charge on any atom is -0.352 e. The van der Waals surface area contributed by atoms with Crippen molar-refractivity contribution in [1.29, 1.82) is 0 Å². The van der Waals surface area contributed by atoms with Crippen LogP contribution in [0, 0.1) is 0 Å². The van der Waals surface area contributed by atoms with Crippen LogP contribution >= 0.6 is 23.2 Å². The SMILES string of the molecule is CC[C@@H](C)NC(=O)[C@H](Cc1ccccc1)N(Cc1c(Cl)cccc1Cl)C(=O)CCCN(c1ccccc1)S(C)(=O)=O. The molecule has 0 fully saturated rings. The van der Waals surface area contributed by atoms with Crippen molar-refractivity contribution in [2.45, 2.75) is 58.2 Å². The van der Waals surface area contributed by atoms with Crippen LogP contribution in [0.25, 0.3) is 0 Å². The summed E-state index contributed by atoms with van der Waals surface area (Å²) >= 11 is 13.0. The normalized spacial score (nSPS) is 12.8. The van der Waals surface area contributed by atoms with Crippen molar-refractivity contribution < 1.29 is 18.0 Å². The zero-order valence-electron chi connectivity index (χ0n) is 23.6. The van der Waals surface area contributed by atoms with Gasteiger partial charge in [-0.25, -0.2) is 8.42 Å². The Morgan fingerprint density at radius 3 is 2.05 bits per heavy atom. The van der Waals surface area contributed by atoms with E-state index in [9.17, 15) is 18.0 Å². The Bertz CT molecular complexity index is 1390. The van der Waals surface area contributed by atoms with Gasteiger partial charge in [-0.1, -0.05) is 84.7 Å². The average molecular weight is 619 g/mol. The van der Waals surface area contributed by atoms with Gasteiger partial charge in [0.2, 0.25) is 21.8 Å². The van der Waals surface area contributed by atoms with Gasteiger partial charge >= 0.3 is 0 Å². The van der Waals surface area contributed by atoms with Crippen molar-refractivity contribution in [2.24, 2.45) is 0 Å². The van der Waals surface area contributed by atoms with E-state index in [1.807, 2.05) is 50.2 Å². The van der Waals surface area contributed by atoms with Gasteiger partial charge in [-0.05, 0) is 49.6 Å². The van der Waals surface area contributed by atoms with E-state index in [2.05, 4.69) is 5.32 Å². The molecule has 7 nitrogen and oxygen atoms in total. The number of carbonyl (C=O) groups excluding carboxylic acids is 2. The summed E-state index contributed by atoms with van der Waals surface area (Å²) in [7, 11) is -3.57. The Kier molecular flexibility index (Phi) is 12.1.